The SMILES string of the molecule is CCOC(=O)C(C(=O)OCC)=S1c2ccccc2N(c2ccc(Cl)cc2)c2ccccc21. The number of hydrogen-bond donors (Lipinski definition) is 0. The van der Waals surface area contributed by atoms with E-state index in [1.165, 1.54) is 0 Å². The number of halogens is 1. The lowest BCUT2D eigenvalue weighted by Gasteiger charge is -2.35. The molecular weight excluding hydrogens is 446 g/mol. The van der Waals surface area contributed by atoms with Crippen molar-refractivity contribution in [2.45, 2.75) is 23.6 Å². The van der Waals surface area contributed by atoms with Gasteiger partial charge >= 0.3 is 11.9 Å². The van der Waals surface area contributed by atoms with Crippen molar-refractivity contribution in [3.8, 4) is 0 Å². The van der Waals surface area contributed by atoms with E-state index in [1.54, 1.807) is 13.8 Å². The number of hydrogen-bond acceptors (Lipinski definition) is 5. The summed E-state index contributed by atoms with van der Waals surface area (Å²) in [6, 6.07) is 23.1. The Kier molecular flexibility index (Phi) is 6.63. The molecule has 1 aliphatic rings. The predicted molar refractivity (Wildman–Crippen MR) is 129 cm³/mol. The molecule has 7 heteroatoms. The lowest BCUT2D eigenvalue weighted by Crippen LogP contribution is -2.30. The Morgan fingerprint density at radius 2 is 1.25 bits per heavy atom. The molecule has 164 valence electrons. The maximum atomic E-state index is 13.0. The first-order chi connectivity index (χ1) is 15.6. The third-order valence-electron chi connectivity index (χ3n) is 4.86. The van der Waals surface area contributed by atoms with E-state index in [1.807, 2.05) is 72.8 Å². The van der Waals surface area contributed by atoms with Gasteiger partial charge in [-0.15, -0.1) is 0 Å². The first-order valence-electron chi connectivity index (χ1n) is 10.3. The molecule has 32 heavy (non-hydrogen) atoms. The van der Waals surface area contributed by atoms with Crippen LogP contribution in [0.15, 0.2) is 82.6 Å². The molecule has 1 heterocycles. The molecule has 0 amide bonds. The average molecular weight is 468 g/mol. The number of ether oxygens (including phenoxy) is 2. The minimum atomic E-state index is -0.994. The molecule has 0 bridgehead atoms. The summed E-state index contributed by atoms with van der Waals surface area (Å²) in [5.41, 5.74) is 2.68. The number of benzene rings is 3. The minimum absolute atomic E-state index is 0.00403. The molecule has 5 nitrogen and oxygen atoms in total. The zero-order chi connectivity index (χ0) is 22.7. The third kappa shape index (κ3) is 4.04. The van der Waals surface area contributed by atoms with E-state index in [0.717, 1.165) is 26.9 Å². The fourth-order valence-corrected chi connectivity index (χ4v) is 6.03. The van der Waals surface area contributed by atoms with E-state index in [9.17, 15) is 9.59 Å². The molecule has 4 rings (SSSR count). The largest absolute Gasteiger partial charge is 0.462 e. The fraction of sp³-hybridized carbons (Fsp3) is 0.160. The molecule has 0 saturated carbocycles. The van der Waals surface area contributed by atoms with Crippen LogP contribution in [0.25, 0.3) is 0 Å². The van der Waals surface area contributed by atoms with Crippen molar-refractivity contribution in [3.05, 3.63) is 77.8 Å². The van der Waals surface area contributed by atoms with Crippen molar-refractivity contribution in [3.63, 3.8) is 0 Å². The van der Waals surface area contributed by atoms with Crippen molar-refractivity contribution < 1.29 is 19.1 Å². The molecule has 0 radical (unpaired) electrons. The van der Waals surface area contributed by atoms with E-state index in [-0.39, 0.29) is 18.1 Å². The quantitative estimate of drug-likeness (QED) is 0.201. The molecule has 0 aliphatic carbocycles. The molecule has 3 aromatic rings. The Hall–Kier alpha value is -3.09. The molecule has 0 N–H and O–H groups in total. The first kappa shape index (κ1) is 22.1. The van der Waals surface area contributed by atoms with Crippen molar-refractivity contribution >= 4 is 56.0 Å². The molecule has 0 spiro atoms. The molecule has 0 aromatic heterocycles. The van der Waals surface area contributed by atoms with Crippen molar-refractivity contribution in [2.24, 2.45) is 0 Å². The summed E-state index contributed by atoms with van der Waals surface area (Å²) < 4.78 is 10.6. The highest BCUT2D eigenvalue weighted by Gasteiger charge is 2.34. The van der Waals surface area contributed by atoms with Gasteiger partial charge in [0.05, 0.1) is 24.6 Å². The van der Waals surface area contributed by atoms with Gasteiger partial charge in [-0.1, -0.05) is 46.4 Å². The lowest BCUT2D eigenvalue weighted by atomic mass is 10.2. The van der Waals surface area contributed by atoms with E-state index >= 15 is 0 Å². The topological polar surface area (TPSA) is 55.8 Å². The summed E-state index contributed by atoms with van der Waals surface area (Å²) in [6.07, 6.45) is 0. The second-order valence-corrected chi connectivity index (χ2v) is 9.16. The second kappa shape index (κ2) is 9.59. The van der Waals surface area contributed by atoms with Gasteiger partial charge in [-0.05, 0) is 62.4 Å². The van der Waals surface area contributed by atoms with Gasteiger partial charge in [0.25, 0.3) is 0 Å². The van der Waals surface area contributed by atoms with Crippen molar-refractivity contribution in [1.82, 2.24) is 0 Å². The van der Waals surface area contributed by atoms with Crippen LogP contribution < -0.4 is 4.90 Å². The van der Waals surface area contributed by atoms with Gasteiger partial charge in [0.15, 0.2) is 4.86 Å². The maximum Gasteiger partial charge on any atom is 0.352 e. The van der Waals surface area contributed by atoms with Crippen LogP contribution in [0.3, 0.4) is 0 Å². The molecule has 0 unspecified atom stereocenters. The van der Waals surface area contributed by atoms with Crippen LogP contribution in [-0.4, -0.2) is 30.0 Å². The van der Waals surface area contributed by atoms with Crippen LogP contribution in [0.5, 0.6) is 0 Å². The fourth-order valence-electron chi connectivity index (χ4n) is 3.61. The monoisotopic (exact) mass is 467 g/mol. The highest BCUT2D eigenvalue weighted by Crippen LogP contribution is 2.55. The number of para-hydroxylation sites is 2. The summed E-state index contributed by atoms with van der Waals surface area (Å²) in [5, 5.41) is 0.646. The molecular formula is C25H22ClNO4S. The van der Waals surface area contributed by atoms with Crippen molar-refractivity contribution in [1.29, 1.82) is 0 Å². The molecule has 1 aliphatic heterocycles. The predicted octanol–water partition coefficient (Wildman–Crippen LogP) is 6.11. The Balaban J connectivity index is 2.05. The smallest absolute Gasteiger partial charge is 0.352 e. The van der Waals surface area contributed by atoms with E-state index in [0.29, 0.717) is 5.02 Å². The van der Waals surface area contributed by atoms with Gasteiger partial charge in [0.2, 0.25) is 0 Å². The second-order valence-electron chi connectivity index (χ2n) is 6.82. The minimum Gasteiger partial charge on any atom is -0.462 e. The number of rotatable bonds is 5. The Morgan fingerprint density at radius 1 is 0.781 bits per heavy atom. The summed E-state index contributed by atoms with van der Waals surface area (Å²) in [7, 11) is -0.994. The first-order valence-corrected chi connectivity index (χ1v) is 11.9. The Morgan fingerprint density at radius 3 is 1.72 bits per heavy atom. The standard InChI is InChI=1S/C25H22ClNO4S/c1-3-30-24(28)23(25(29)31-4-2)32-21-11-7-5-9-19(21)27(18-15-13-17(26)14-16-18)20-10-6-8-12-22(20)32/h5-16H,3-4H2,1-2H3. The number of carbonyl (C=O) groups excluding carboxylic acids is 2. The normalized spacial score (nSPS) is 12.5. The number of fused-ring (bicyclic) bond motifs is 2. The Labute approximate surface area is 194 Å². The third-order valence-corrected chi connectivity index (χ3v) is 7.43. The summed E-state index contributed by atoms with van der Waals surface area (Å²) in [5.74, 6) is -1.31. The van der Waals surface area contributed by atoms with Crippen LogP contribution in [0.1, 0.15) is 13.8 Å². The van der Waals surface area contributed by atoms with Gasteiger partial charge in [0, 0.05) is 20.5 Å². The highest BCUT2D eigenvalue weighted by atomic mass is 35.5. The van der Waals surface area contributed by atoms with Crippen LogP contribution in [0, 0.1) is 0 Å². The zero-order valence-corrected chi connectivity index (χ0v) is 19.3. The molecule has 0 fully saturated rings. The number of anilines is 3. The maximum absolute atomic E-state index is 13.0. The number of nitrogens with zero attached hydrogens (tertiary/aromatic N) is 1. The number of carbonyl (C=O) groups is 2. The van der Waals surface area contributed by atoms with Crippen LogP contribution in [0.4, 0.5) is 17.1 Å². The molecule has 0 atom stereocenters. The number of esters is 2. The van der Waals surface area contributed by atoms with Crippen LogP contribution in [-0.2, 0) is 19.1 Å². The highest BCUT2D eigenvalue weighted by molar-refractivity contribution is 8.18. The van der Waals surface area contributed by atoms with Gasteiger partial charge in [-0.25, -0.2) is 9.59 Å². The van der Waals surface area contributed by atoms with Crippen molar-refractivity contribution in [2.75, 3.05) is 18.1 Å². The van der Waals surface area contributed by atoms with Gasteiger partial charge in [0.1, 0.15) is 0 Å². The summed E-state index contributed by atoms with van der Waals surface area (Å²) in [4.78, 5) is 29.8. The van der Waals surface area contributed by atoms with E-state index in [2.05, 4.69) is 4.90 Å². The lowest BCUT2D eigenvalue weighted by molar-refractivity contribution is -0.140. The van der Waals surface area contributed by atoms with E-state index < -0.39 is 22.4 Å². The molecule has 0 saturated heterocycles. The van der Waals surface area contributed by atoms with Crippen LogP contribution >= 0.6 is 22.1 Å². The van der Waals surface area contributed by atoms with Gasteiger partial charge in [-0.3, -0.25) is 0 Å². The average Bonchev–Trinajstić information content (AvgIpc) is 2.80. The molecule has 3 aromatic carbocycles. The zero-order valence-electron chi connectivity index (χ0n) is 17.7. The Bertz CT molecular complexity index is 1140. The summed E-state index contributed by atoms with van der Waals surface area (Å²) in [6.45, 7) is 3.77. The van der Waals surface area contributed by atoms with Gasteiger partial charge < -0.3 is 14.4 Å². The van der Waals surface area contributed by atoms with E-state index in [4.69, 9.17) is 21.1 Å². The summed E-state index contributed by atoms with van der Waals surface area (Å²) >= 11 is 6.12. The van der Waals surface area contributed by atoms with Crippen LogP contribution in [0.2, 0.25) is 5.02 Å². The van der Waals surface area contributed by atoms with Gasteiger partial charge in [-0.2, -0.15) is 0 Å².